The second-order valence-corrected chi connectivity index (χ2v) is 12.0. The molecule has 5 heteroatoms. The minimum absolute atomic E-state index is 0.164. The summed E-state index contributed by atoms with van der Waals surface area (Å²) in [6.45, 7) is 12.1. The van der Waals surface area contributed by atoms with Crippen molar-refractivity contribution in [3.63, 3.8) is 0 Å². The van der Waals surface area contributed by atoms with Gasteiger partial charge in [-0.25, -0.2) is 0 Å². The van der Waals surface area contributed by atoms with Crippen molar-refractivity contribution < 1.29 is 9.21 Å². The molecule has 2 aromatic heterocycles. The van der Waals surface area contributed by atoms with Crippen molar-refractivity contribution >= 4 is 28.4 Å². The number of carbonyl (C=O) groups is 1. The first-order valence-electron chi connectivity index (χ1n) is 12.8. The maximum Gasteiger partial charge on any atom is 0.287 e. The van der Waals surface area contributed by atoms with E-state index in [2.05, 4.69) is 57.1 Å². The van der Waals surface area contributed by atoms with Crippen LogP contribution in [0.2, 0.25) is 5.02 Å². The van der Waals surface area contributed by atoms with Gasteiger partial charge in [-0.1, -0.05) is 51.4 Å². The highest BCUT2D eigenvalue weighted by molar-refractivity contribution is 6.31. The van der Waals surface area contributed by atoms with Gasteiger partial charge in [-0.2, -0.15) is 0 Å². The summed E-state index contributed by atoms with van der Waals surface area (Å²) < 4.78 is 5.98. The summed E-state index contributed by atoms with van der Waals surface area (Å²) in [7, 11) is 0. The summed E-state index contributed by atoms with van der Waals surface area (Å²) in [5.74, 6) is 0.968. The number of aromatic nitrogens is 1. The predicted octanol–water partition coefficient (Wildman–Crippen LogP) is 7.64. The molecule has 2 aromatic carbocycles. The number of carbonyl (C=O) groups excluding carboxylic acids is 1. The highest BCUT2D eigenvalue weighted by Gasteiger charge is 2.37. The molecule has 0 saturated heterocycles. The number of nitrogens with one attached hydrogen (secondary N) is 2. The van der Waals surface area contributed by atoms with E-state index in [0.29, 0.717) is 30.2 Å². The van der Waals surface area contributed by atoms with Gasteiger partial charge >= 0.3 is 0 Å². The molecule has 0 atom stereocenters. The molecule has 2 N–H and O–H groups in total. The highest BCUT2D eigenvalue weighted by atomic mass is 35.5. The molecule has 0 aliphatic heterocycles. The van der Waals surface area contributed by atoms with E-state index in [0.717, 1.165) is 22.2 Å². The molecule has 2 heterocycles. The zero-order valence-corrected chi connectivity index (χ0v) is 22.6. The quantitative estimate of drug-likeness (QED) is 0.284. The molecule has 0 unspecified atom stereocenters. The van der Waals surface area contributed by atoms with Crippen LogP contribution in [0.15, 0.2) is 53.1 Å². The lowest BCUT2D eigenvalue weighted by Crippen LogP contribution is -2.34. The number of benzene rings is 2. The molecule has 1 aliphatic rings. The van der Waals surface area contributed by atoms with Gasteiger partial charge in [0.05, 0.1) is 0 Å². The summed E-state index contributed by atoms with van der Waals surface area (Å²) in [6, 6.07) is 14.2. The van der Waals surface area contributed by atoms with E-state index in [-0.39, 0.29) is 16.7 Å². The zero-order valence-electron chi connectivity index (χ0n) is 21.8. The number of hydrogen-bond acceptors (Lipinski definition) is 2. The van der Waals surface area contributed by atoms with Gasteiger partial charge in [0.2, 0.25) is 0 Å². The van der Waals surface area contributed by atoms with E-state index >= 15 is 0 Å². The van der Waals surface area contributed by atoms with E-state index in [1.165, 1.54) is 35.1 Å². The standard InChI is InChI=1S/C31H35ClN2O2/c1-19-14-25-26(31(4,5)12-11-30(25,2)3)16-21(19)15-23-7-9-28(36-23)29(35)33-13-10-20-18-34-27-8-6-22(32)17-24(20)27/h6-9,14,16-18,34H,10-13,15H2,1-5H3,(H,33,35). The van der Waals surface area contributed by atoms with E-state index in [4.69, 9.17) is 16.0 Å². The van der Waals surface area contributed by atoms with Gasteiger partial charge in [-0.3, -0.25) is 4.79 Å². The Kier molecular flexibility index (Phi) is 6.28. The van der Waals surface area contributed by atoms with Crippen LogP contribution in [-0.4, -0.2) is 17.4 Å². The molecular formula is C31H35ClN2O2. The van der Waals surface area contributed by atoms with E-state index in [9.17, 15) is 4.79 Å². The van der Waals surface area contributed by atoms with Crippen molar-refractivity contribution in [2.24, 2.45) is 0 Å². The molecule has 188 valence electrons. The number of aryl methyl sites for hydroxylation is 1. The summed E-state index contributed by atoms with van der Waals surface area (Å²) in [4.78, 5) is 16.0. The molecular weight excluding hydrogens is 468 g/mol. The van der Waals surface area contributed by atoms with Crippen LogP contribution in [0.4, 0.5) is 0 Å². The van der Waals surface area contributed by atoms with Crippen LogP contribution in [0, 0.1) is 6.92 Å². The fourth-order valence-corrected chi connectivity index (χ4v) is 5.67. The summed E-state index contributed by atoms with van der Waals surface area (Å²) in [6.07, 6.45) is 5.75. The fraction of sp³-hybridized carbons (Fsp3) is 0.387. The topological polar surface area (TPSA) is 58.0 Å². The first-order chi connectivity index (χ1) is 17.0. The average Bonchev–Trinajstić information content (AvgIpc) is 3.45. The fourth-order valence-electron chi connectivity index (χ4n) is 5.50. The normalized spacial score (nSPS) is 16.2. The third-order valence-electron chi connectivity index (χ3n) is 7.97. The first-order valence-corrected chi connectivity index (χ1v) is 13.2. The lowest BCUT2D eigenvalue weighted by molar-refractivity contribution is 0.0925. The third-order valence-corrected chi connectivity index (χ3v) is 8.20. The number of furan rings is 1. The molecule has 36 heavy (non-hydrogen) atoms. The Balaban J connectivity index is 1.26. The van der Waals surface area contributed by atoms with Crippen LogP contribution in [0.1, 0.15) is 84.7 Å². The molecule has 4 aromatic rings. The number of aromatic amines is 1. The van der Waals surface area contributed by atoms with Gasteiger partial charge in [-0.05, 0) is 95.2 Å². The smallest absolute Gasteiger partial charge is 0.287 e. The van der Waals surface area contributed by atoms with Crippen LogP contribution in [0.3, 0.4) is 0 Å². The number of fused-ring (bicyclic) bond motifs is 2. The minimum Gasteiger partial charge on any atom is -0.456 e. The summed E-state index contributed by atoms with van der Waals surface area (Å²) in [5, 5.41) is 4.78. The number of halogens is 1. The molecule has 0 saturated carbocycles. The summed E-state index contributed by atoms with van der Waals surface area (Å²) >= 11 is 6.15. The van der Waals surface area contributed by atoms with Crippen molar-refractivity contribution in [2.45, 2.75) is 71.1 Å². The van der Waals surface area contributed by atoms with Crippen molar-refractivity contribution in [3.05, 3.63) is 93.0 Å². The number of H-pyrrole nitrogens is 1. The van der Waals surface area contributed by atoms with Crippen LogP contribution >= 0.6 is 11.6 Å². The average molecular weight is 503 g/mol. The second kappa shape index (κ2) is 9.15. The van der Waals surface area contributed by atoms with Gasteiger partial charge in [0, 0.05) is 35.1 Å². The van der Waals surface area contributed by atoms with Crippen molar-refractivity contribution in [2.75, 3.05) is 6.54 Å². The van der Waals surface area contributed by atoms with Crippen molar-refractivity contribution in [1.29, 1.82) is 0 Å². The van der Waals surface area contributed by atoms with Crippen molar-refractivity contribution in [1.82, 2.24) is 10.3 Å². The van der Waals surface area contributed by atoms with Gasteiger partial charge in [0.1, 0.15) is 5.76 Å². The van der Waals surface area contributed by atoms with E-state index in [1.54, 1.807) is 6.07 Å². The predicted molar refractivity (Wildman–Crippen MR) is 147 cm³/mol. The molecule has 5 rings (SSSR count). The highest BCUT2D eigenvalue weighted by Crippen LogP contribution is 2.46. The van der Waals surface area contributed by atoms with E-state index in [1.807, 2.05) is 30.5 Å². The Hall–Kier alpha value is -2.98. The molecule has 1 amide bonds. The van der Waals surface area contributed by atoms with Crippen molar-refractivity contribution in [3.8, 4) is 0 Å². The van der Waals surface area contributed by atoms with Crippen LogP contribution < -0.4 is 5.32 Å². The largest absolute Gasteiger partial charge is 0.456 e. The van der Waals surface area contributed by atoms with E-state index < -0.39 is 0 Å². The Labute approximate surface area is 218 Å². The SMILES string of the molecule is Cc1cc2c(cc1Cc1ccc(C(=O)NCCc3c[nH]c4ccc(Cl)cc34)o1)C(C)(C)CCC2(C)C. The number of hydrogen-bond donors (Lipinski definition) is 2. The maximum absolute atomic E-state index is 12.7. The van der Waals surface area contributed by atoms with Gasteiger partial charge in [0.25, 0.3) is 5.91 Å². The lowest BCUT2D eigenvalue weighted by atomic mass is 9.62. The minimum atomic E-state index is -0.191. The van der Waals surface area contributed by atoms with Gasteiger partial charge in [0.15, 0.2) is 5.76 Å². The Morgan fingerprint density at radius 2 is 1.72 bits per heavy atom. The first kappa shape index (κ1) is 24.7. The lowest BCUT2D eigenvalue weighted by Gasteiger charge is -2.42. The second-order valence-electron chi connectivity index (χ2n) is 11.5. The molecule has 0 spiro atoms. The zero-order chi connectivity index (χ0) is 25.7. The summed E-state index contributed by atoms with van der Waals surface area (Å²) in [5.41, 5.74) is 7.99. The number of rotatable bonds is 6. The Morgan fingerprint density at radius 3 is 2.47 bits per heavy atom. The van der Waals surface area contributed by atoms with Crippen LogP contribution in [-0.2, 0) is 23.7 Å². The monoisotopic (exact) mass is 502 g/mol. The van der Waals surface area contributed by atoms with Gasteiger partial charge in [-0.15, -0.1) is 0 Å². The molecule has 1 aliphatic carbocycles. The number of amides is 1. The molecule has 0 radical (unpaired) electrons. The Morgan fingerprint density at radius 1 is 1.00 bits per heavy atom. The Bertz CT molecular complexity index is 1440. The molecule has 4 nitrogen and oxygen atoms in total. The molecule has 0 bridgehead atoms. The van der Waals surface area contributed by atoms with Gasteiger partial charge < -0.3 is 14.7 Å². The maximum atomic E-state index is 12.7. The third kappa shape index (κ3) is 4.71. The molecule has 0 fully saturated rings. The van der Waals surface area contributed by atoms with Crippen LogP contribution in [0.5, 0.6) is 0 Å². The van der Waals surface area contributed by atoms with Crippen LogP contribution in [0.25, 0.3) is 10.9 Å².